The summed E-state index contributed by atoms with van der Waals surface area (Å²) in [6.07, 6.45) is 6.12. The molecule has 1 fully saturated rings. The van der Waals surface area contributed by atoms with Crippen molar-refractivity contribution in [3.8, 4) is 16.9 Å². The van der Waals surface area contributed by atoms with Crippen LogP contribution in [0.2, 0.25) is 0 Å². The first-order valence-electron chi connectivity index (χ1n) is 10.4. The van der Waals surface area contributed by atoms with E-state index in [0.717, 1.165) is 54.9 Å². The van der Waals surface area contributed by atoms with Crippen molar-refractivity contribution >= 4 is 17.6 Å². The molecule has 4 rings (SSSR count). The molecule has 3 aromatic rings. The van der Waals surface area contributed by atoms with Crippen molar-refractivity contribution in [2.45, 2.75) is 25.3 Å². The molecule has 1 aromatic heterocycles. The lowest BCUT2D eigenvalue weighted by Crippen LogP contribution is -2.37. The van der Waals surface area contributed by atoms with Gasteiger partial charge in [0.1, 0.15) is 11.8 Å². The van der Waals surface area contributed by atoms with Gasteiger partial charge in [-0.3, -0.25) is 9.69 Å². The second-order valence-electron chi connectivity index (χ2n) is 7.63. The average molecular weight is 418 g/mol. The highest BCUT2D eigenvalue weighted by atomic mass is 16.5. The summed E-state index contributed by atoms with van der Waals surface area (Å²) in [4.78, 5) is 22.2. The largest absolute Gasteiger partial charge is 0.497 e. The lowest BCUT2D eigenvalue weighted by Gasteiger charge is -2.20. The summed E-state index contributed by atoms with van der Waals surface area (Å²) in [6, 6.07) is 15.5. The molecule has 7 nitrogen and oxygen atoms in total. The average Bonchev–Trinajstić information content (AvgIpc) is 3.28. The Labute approximate surface area is 181 Å². The summed E-state index contributed by atoms with van der Waals surface area (Å²) >= 11 is 0. The van der Waals surface area contributed by atoms with E-state index in [0.29, 0.717) is 5.95 Å². The molecule has 31 heavy (non-hydrogen) atoms. The molecule has 0 saturated carbocycles. The minimum Gasteiger partial charge on any atom is -0.497 e. The molecule has 2 heterocycles. The number of hydrogen-bond acceptors (Lipinski definition) is 6. The van der Waals surface area contributed by atoms with E-state index in [2.05, 4.69) is 32.3 Å². The molecule has 1 aliphatic heterocycles. The highest BCUT2D eigenvalue weighted by molar-refractivity contribution is 5.73. The molecule has 0 bridgehead atoms. The summed E-state index contributed by atoms with van der Waals surface area (Å²) in [5.41, 5.74) is 4.05. The number of ether oxygens (including phenoxy) is 1. The zero-order valence-corrected chi connectivity index (χ0v) is 17.5. The molecule has 2 aromatic carbocycles. The molecule has 0 radical (unpaired) electrons. The number of aliphatic carboxylic acids is 1. The Morgan fingerprint density at radius 1 is 1.10 bits per heavy atom. The predicted octanol–water partition coefficient (Wildman–Crippen LogP) is 3.99. The van der Waals surface area contributed by atoms with Crippen LogP contribution in [0.25, 0.3) is 11.1 Å². The van der Waals surface area contributed by atoms with E-state index in [1.165, 1.54) is 5.56 Å². The standard InChI is InChI=1S/C24H26N4O3/c1-31-21-10-6-18(7-11-21)19-15-25-24(26-16-19)27-20-8-4-17(5-9-20)12-14-28-13-2-3-22(28)23(29)30/h4-11,15-16,22H,2-3,12-14H2,1H3,(H,29,30)(H,25,26,27)/t22-/m0/s1. The Balaban J connectivity index is 1.32. The number of carbonyl (C=O) groups is 1. The molecule has 0 spiro atoms. The molecule has 1 saturated heterocycles. The second-order valence-corrected chi connectivity index (χ2v) is 7.63. The quantitative estimate of drug-likeness (QED) is 0.572. The van der Waals surface area contributed by atoms with Gasteiger partial charge in [0.05, 0.1) is 7.11 Å². The zero-order valence-electron chi connectivity index (χ0n) is 17.5. The molecule has 2 N–H and O–H groups in total. The van der Waals surface area contributed by atoms with Crippen LogP contribution in [-0.4, -0.2) is 52.2 Å². The minimum absolute atomic E-state index is 0.334. The van der Waals surface area contributed by atoms with Crippen LogP contribution in [0.15, 0.2) is 60.9 Å². The van der Waals surface area contributed by atoms with E-state index >= 15 is 0 Å². The van der Waals surface area contributed by atoms with Gasteiger partial charge in [0, 0.05) is 30.2 Å². The van der Waals surface area contributed by atoms with E-state index in [9.17, 15) is 9.90 Å². The van der Waals surface area contributed by atoms with Gasteiger partial charge in [0.15, 0.2) is 0 Å². The number of carboxylic acids is 1. The Hall–Kier alpha value is -3.45. The predicted molar refractivity (Wildman–Crippen MR) is 120 cm³/mol. The highest BCUT2D eigenvalue weighted by Crippen LogP contribution is 2.23. The van der Waals surface area contributed by atoms with Crippen LogP contribution in [0, 0.1) is 0 Å². The Bertz CT molecular complexity index is 1000. The fourth-order valence-electron chi connectivity index (χ4n) is 3.86. The number of carboxylic acid groups (broad SMARTS) is 1. The van der Waals surface area contributed by atoms with Crippen molar-refractivity contribution < 1.29 is 14.6 Å². The number of methoxy groups -OCH3 is 1. The van der Waals surface area contributed by atoms with Crippen molar-refractivity contribution in [3.63, 3.8) is 0 Å². The van der Waals surface area contributed by atoms with Crippen LogP contribution in [0.3, 0.4) is 0 Å². The number of hydrogen-bond donors (Lipinski definition) is 2. The Morgan fingerprint density at radius 2 is 1.81 bits per heavy atom. The van der Waals surface area contributed by atoms with Gasteiger partial charge in [0.2, 0.25) is 5.95 Å². The first kappa shape index (κ1) is 20.8. The second kappa shape index (κ2) is 9.57. The van der Waals surface area contributed by atoms with Crippen LogP contribution in [-0.2, 0) is 11.2 Å². The van der Waals surface area contributed by atoms with Gasteiger partial charge in [-0.1, -0.05) is 24.3 Å². The lowest BCUT2D eigenvalue weighted by atomic mass is 10.1. The molecule has 160 valence electrons. The third-order valence-corrected chi connectivity index (χ3v) is 5.62. The summed E-state index contributed by atoms with van der Waals surface area (Å²) < 4.78 is 5.19. The van der Waals surface area contributed by atoms with Gasteiger partial charge in [-0.05, 0) is 61.2 Å². The number of likely N-dealkylation sites (tertiary alicyclic amines) is 1. The first-order valence-corrected chi connectivity index (χ1v) is 10.4. The Kier molecular flexibility index (Phi) is 6.43. The molecule has 1 aliphatic rings. The Morgan fingerprint density at radius 3 is 2.45 bits per heavy atom. The smallest absolute Gasteiger partial charge is 0.320 e. The summed E-state index contributed by atoms with van der Waals surface area (Å²) in [5, 5.41) is 12.5. The van der Waals surface area contributed by atoms with Crippen LogP contribution in [0.5, 0.6) is 5.75 Å². The number of anilines is 2. The fraction of sp³-hybridized carbons (Fsp3) is 0.292. The summed E-state index contributed by atoms with van der Waals surface area (Å²) in [6.45, 7) is 1.63. The third kappa shape index (κ3) is 5.19. The number of nitrogens with zero attached hydrogens (tertiary/aromatic N) is 3. The fourth-order valence-corrected chi connectivity index (χ4v) is 3.86. The lowest BCUT2D eigenvalue weighted by molar-refractivity contribution is -0.142. The minimum atomic E-state index is -0.713. The molecule has 0 unspecified atom stereocenters. The molecule has 1 atom stereocenters. The van der Waals surface area contributed by atoms with Crippen molar-refractivity contribution in [2.75, 3.05) is 25.5 Å². The summed E-state index contributed by atoms with van der Waals surface area (Å²) in [5.74, 6) is 0.634. The maximum Gasteiger partial charge on any atom is 0.320 e. The topological polar surface area (TPSA) is 87.6 Å². The van der Waals surface area contributed by atoms with Crippen LogP contribution in [0.4, 0.5) is 11.6 Å². The molecular weight excluding hydrogens is 392 g/mol. The monoisotopic (exact) mass is 418 g/mol. The van der Waals surface area contributed by atoms with E-state index in [-0.39, 0.29) is 6.04 Å². The number of nitrogens with one attached hydrogen (secondary N) is 1. The van der Waals surface area contributed by atoms with E-state index in [4.69, 9.17) is 4.74 Å². The normalized spacial score (nSPS) is 16.2. The molecular formula is C24H26N4O3. The van der Waals surface area contributed by atoms with Crippen LogP contribution < -0.4 is 10.1 Å². The molecule has 0 aliphatic carbocycles. The van der Waals surface area contributed by atoms with E-state index in [1.807, 2.05) is 36.4 Å². The van der Waals surface area contributed by atoms with Crippen molar-refractivity contribution in [2.24, 2.45) is 0 Å². The molecule has 7 heteroatoms. The van der Waals surface area contributed by atoms with Gasteiger partial charge in [0.25, 0.3) is 0 Å². The van der Waals surface area contributed by atoms with Crippen molar-refractivity contribution in [3.05, 3.63) is 66.5 Å². The van der Waals surface area contributed by atoms with Gasteiger partial charge in [-0.25, -0.2) is 9.97 Å². The van der Waals surface area contributed by atoms with E-state index < -0.39 is 5.97 Å². The first-order chi connectivity index (χ1) is 15.1. The molecule has 0 amide bonds. The van der Waals surface area contributed by atoms with Crippen molar-refractivity contribution in [1.29, 1.82) is 0 Å². The van der Waals surface area contributed by atoms with Crippen molar-refractivity contribution in [1.82, 2.24) is 14.9 Å². The van der Waals surface area contributed by atoms with Crippen LogP contribution in [0.1, 0.15) is 18.4 Å². The maximum absolute atomic E-state index is 11.3. The van der Waals surface area contributed by atoms with Gasteiger partial charge in [-0.15, -0.1) is 0 Å². The number of rotatable bonds is 8. The SMILES string of the molecule is COc1ccc(-c2cnc(Nc3ccc(CCN4CCC[C@H]4C(=O)O)cc3)nc2)cc1. The van der Waals surface area contributed by atoms with Gasteiger partial charge >= 0.3 is 5.97 Å². The third-order valence-electron chi connectivity index (χ3n) is 5.62. The van der Waals surface area contributed by atoms with Gasteiger partial charge in [-0.2, -0.15) is 0 Å². The highest BCUT2D eigenvalue weighted by Gasteiger charge is 2.29. The summed E-state index contributed by atoms with van der Waals surface area (Å²) in [7, 11) is 1.65. The number of aromatic nitrogens is 2. The number of benzene rings is 2. The zero-order chi connectivity index (χ0) is 21.6. The van der Waals surface area contributed by atoms with E-state index in [1.54, 1.807) is 19.5 Å². The van der Waals surface area contributed by atoms with Gasteiger partial charge < -0.3 is 15.2 Å². The van der Waals surface area contributed by atoms with Crippen LogP contribution >= 0.6 is 0 Å². The maximum atomic E-state index is 11.3.